The van der Waals surface area contributed by atoms with E-state index in [1.807, 2.05) is 23.9 Å². The van der Waals surface area contributed by atoms with Crippen molar-refractivity contribution in [1.29, 1.82) is 0 Å². The van der Waals surface area contributed by atoms with Crippen molar-refractivity contribution in [3.63, 3.8) is 0 Å². The predicted octanol–water partition coefficient (Wildman–Crippen LogP) is 5.16. The van der Waals surface area contributed by atoms with Gasteiger partial charge in [-0.15, -0.1) is 11.8 Å². The van der Waals surface area contributed by atoms with Crippen LogP contribution in [0.25, 0.3) is 11.0 Å². The van der Waals surface area contributed by atoms with Crippen LogP contribution in [-0.4, -0.2) is 17.1 Å². The second-order valence-corrected chi connectivity index (χ2v) is 7.70. The van der Waals surface area contributed by atoms with Crippen molar-refractivity contribution in [2.45, 2.75) is 36.8 Å². The van der Waals surface area contributed by atoms with E-state index >= 15 is 0 Å². The third-order valence-corrected chi connectivity index (χ3v) is 4.79. The van der Waals surface area contributed by atoms with E-state index in [-0.39, 0.29) is 5.41 Å². The van der Waals surface area contributed by atoms with Gasteiger partial charge in [-0.3, -0.25) is 0 Å². The molecule has 0 spiro atoms. The van der Waals surface area contributed by atoms with Crippen LogP contribution in [0.15, 0.2) is 47.4 Å². The van der Waals surface area contributed by atoms with E-state index in [0.717, 1.165) is 28.4 Å². The molecule has 0 radical (unpaired) electrons. The first kappa shape index (κ1) is 15.9. The Hall–Kier alpha value is -1.94. The van der Waals surface area contributed by atoms with Gasteiger partial charge in [0.1, 0.15) is 11.6 Å². The second kappa shape index (κ2) is 6.28. The highest BCUT2D eigenvalue weighted by molar-refractivity contribution is 7.98. The smallest absolute Gasteiger partial charge is 0.118 e. The first-order valence-corrected chi connectivity index (χ1v) is 8.70. The van der Waals surface area contributed by atoms with E-state index in [9.17, 15) is 0 Å². The van der Waals surface area contributed by atoms with Crippen LogP contribution < -0.4 is 4.74 Å². The topological polar surface area (TPSA) is 37.9 Å². The van der Waals surface area contributed by atoms with Gasteiger partial charge in [0, 0.05) is 16.1 Å². The number of thioether (sulfide) groups is 1. The minimum Gasteiger partial charge on any atom is -0.497 e. The fraction of sp³-hybridized carbons (Fsp3) is 0.316. The van der Waals surface area contributed by atoms with Crippen LogP contribution in [0.4, 0.5) is 0 Å². The Morgan fingerprint density at radius 2 is 1.83 bits per heavy atom. The summed E-state index contributed by atoms with van der Waals surface area (Å²) in [5.41, 5.74) is 3.46. The first-order chi connectivity index (χ1) is 11.0. The van der Waals surface area contributed by atoms with Gasteiger partial charge in [-0.05, 0) is 35.9 Å². The quantitative estimate of drug-likeness (QED) is 0.673. The van der Waals surface area contributed by atoms with Gasteiger partial charge in [0.25, 0.3) is 0 Å². The van der Waals surface area contributed by atoms with Crippen molar-refractivity contribution in [3.8, 4) is 5.75 Å². The van der Waals surface area contributed by atoms with Crippen LogP contribution in [0.5, 0.6) is 5.75 Å². The Morgan fingerprint density at radius 1 is 1.09 bits per heavy atom. The number of imidazole rings is 1. The number of nitrogens with zero attached hydrogens (tertiary/aromatic N) is 1. The van der Waals surface area contributed by atoms with Gasteiger partial charge in [0.05, 0.1) is 18.1 Å². The lowest BCUT2D eigenvalue weighted by molar-refractivity contribution is 0.414. The van der Waals surface area contributed by atoms with E-state index in [0.29, 0.717) is 0 Å². The summed E-state index contributed by atoms with van der Waals surface area (Å²) in [6, 6.07) is 14.7. The standard InChI is InChI=1S/C19H22N2OS/c1-19(2,3)18-20-16-10-9-15(11-17(16)21-18)23-12-13-5-7-14(22-4)8-6-13/h5-11H,12H2,1-4H3,(H,20,21). The summed E-state index contributed by atoms with van der Waals surface area (Å²) in [5.74, 6) is 2.86. The van der Waals surface area contributed by atoms with E-state index in [2.05, 4.69) is 56.1 Å². The number of ether oxygens (including phenoxy) is 1. The summed E-state index contributed by atoms with van der Waals surface area (Å²) < 4.78 is 5.19. The average Bonchev–Trinajstić information content (AvgIpc) is 2.97. The lowest BCUT2D eigenvalue weighted by atomic mass is 9.96. The summed E-state index contributed by atoms with van der Waals surface area (Å²) >= 11 is 1.82. The van der Waals surface area contributed by atoms with Crippen molar-refractivity contribution in [2.75, 3.05) is 7.11 Å². The minimum atomic E-state index is 0.0371. The molecule has 1 heterocycles. The van der Waals surface area contributed by atoms with E-state index in [4.69, 9.17) is 9.72 Å². The molecule has 0 fully saturated rings. The number of hydrogen-bond acceptors (Lipinski definition) is 3. The second-order valence-electron chi connectivity index (χ2n) is 6.65. The van der Waals surface area contributed by atoms with Crippen LogP contribution in [0, 0.1) is 0 Å². The molecule has 2 aromatic carbocycles. The van der Waals surface area contributed by atoms with E-state index in [1.54, 1.807) is 7.11 Å². The van der Waals surface area contributed by atoms with Crippen LogP contribution in [-0.2, 0) is 11.2 Å². The number of aromatic amines is 1. The van der Waals surface area contributed by atoms with Crippen LogP contribution in [0.3, 0.4) is 0 Å². The van der Waals surface area contributed by atoms with Crippen molar-refractivity contribution < 1.29 is 4.74 Å². The van der Waals surface area contributed by atoms with Crippen LogP contribution in [0.1, 0.15) is 32.2 Å². The van der Waals surface area contributed by atoms with Crippen molar-refractivity contribution in [2.24, 2.45) is 0 Å². The number of hydrogen-bond donors (Lipinski definition) is 1. The summed E-state index contributed by atoms with van der Waals surface area (Å²) in [5, 5.41) is 0. The van der Waals surface area contributed by atoms with Gasteiger partial charge in [0.2, 0.25) is 0 Å². The molecular formula is C19H22N2OS. The number of aromatic nitrogens is 2. The molecule has 0 unspecified atom stereocenters. The van der Waals surface area contributed by atoms with E-state index < -0.39 is 0 Å². The Bertz CT molecular complexity index is 800. The number of fused-ring (bicyclic) bond motifs is 1. The van der Waals surface area contributed by atoms with Gasteiger partial charge in [0.15, 0.2) is 0 Å². The number of H-pyrrole nitrogens is 1. The van der Waals surface area contributed by atoms with Crippen molar-refractivity contribution in [3.05, 3.63) is 53.9 Å². The lowest BCUT2D eigenvalue weighted by Crippen LogP contribution is -2.12. The summed E-state index contributed by atoms with van der Waals surface area (Å²) in [7, 11) is 1.69. The molecule has 1 N–H and O–H groups in total. The summed E-state index contributed by atoms with van der Waals surface area (Å²) in [6.45, 7) is 6.51. The molecule has 1 aromatic heterocycles. The van der Waals surface area contributed by atoms with Gasteiger partial charge in [-0.25, -0.2) is 4.98 Å². The molecule has 23 heavy (non-hydrogen) atoms. The molecule has 3 aromatic rings. The maximum atomic E-state index is 5.19. The fourth-order valence-electron chi connectivity index (χ4n) is 2.32. The molecule has 0 bridgehead atoms. The highest BCUT2D eigenvalue weighted by Crippen LogP contribution is 2.28. The molecule has 0 aliphatic heterocycles. The molecule has 3 nitrogen and oxygen atoms in total. The average molecular weight is 326 g/mol. The van der Waals surface area contributed by atoms with Gasteiger partial charge >= 0.3 is 0 Å². The first-order valence-electron chi connectivity index (χ1n) is 7.72. The van der Waals surface area contributed by atoms with Crippen molar-refractivity contribution >= 4 is 22.8 Å². The molecule has 0 aliphatic rings. The van der Waals surface area contributed by atoms with Gasteiger partial charge < -0.3 is 9.72 Å². The largest absolute Gasteiger partial charge is 0.497 e. The molecule has 0 saturated carbocycles. The minimum absolute atomic E-state index is 0.0371. The molecular weight excluding hydrogens is 304 g/mol. The van der Waals surface area contributed by atoms with E-state index in [1.165, 1.54) is 10.5 Å². The zero-order valence-corrected chi connectivity index (χ0v) is 14.8. The number of methoxy groups -OCH3 is 1. The number of benzene rings is 2. The van der Waals surface area contributed by atoms with Gasteiger partial charge in [-0.1, -0.05) is 32.9 Å². The Labute approximate surface area is 141 Å². The maximum Gasteiger partial charge on any atom is 0.118 e. The number of nitrogens with one attached hydrogen (secondary N) is 1. The fourth-order valence-corrected chi connectivity index (χ4v) is 3.20. The molecule has 120 valence electrons. The Morgan fingerprint density at radius 3 is 2.48 bits per heavy atom. The van der Waals surface area contributed by atoms with Crippen LogP contribution >= 0.6 is 11.8 Å². The van der Waals surface area contributed by atoms with Crippen LogP contribution in [0.2, 0.25) is 0 Å². The maximum absolute atomic E-state index is 5.19. The zero-order valence-electron chi connectivity index (χ0n) is 14.0. The Kier molecular flexibility index (Phi) is 4.35. The number of rotatable bonds is 4. The third kappa shape index (κ3) is 3.70. The van der Waals surface area contributed by atoms with Crippen molar-refractivity contribution in [1.82, 2.24) is 9.97 Å². The molecule has 0 aliphatic carbocycles. The zero-order chi connectivity index (χ0) is 16.4. The van der Waals surface area contributed by atoms with Gasteiger partial charge in [-0.2, -0.15) is 0 Å². The monoisotopic (exact) mass is 326 g/mol. The highest BCUT2D eigenvalue weighted by atomic mass is 32.2. The highest BCUT2D eigenvalue weighted by Gasteiger charge is 2.18. The summed E-state index contributed by atoms with van der Waals surface area (Å²) in [6.07, 6.45) is 0. The predicted molar refractivity (Wildman–Crippen MR) is 97.3 cm³/mol. The summed E-state index contributed by atoms with van der Waals surface area (Å²) in [4.78, 5) is 9.39. The lowest BCUT2D eigenvalue weighted by Gasteiger charge is -2.13. The molecule has 0 saturated heterocycles. The molecule has 4 heteroatoms. The molecule has 0 atom stereocenters. The Balaban J connectivity index is 1.75. The molecule has 3 rings (SSSR count). The third-order valence-electron chi connectivity index (χ3n) is 3.73. The SMILES string of the molecule is COc1ccc(CSc2ccc3[nH]c(C(C)(C)C)nc3c2)cc1. The molecule has 0 amide bonds. The normalized spacial score (nSPS) is 11.8.